The summed E-state index contributed by atoms with van der Waals surface area (Å²) >= 11 is 0. The molecule has 0 saturated carbocycles. The van der Waals surface area contributed by atoms with Crippen LogP contribution in [0.1, 0.15) is 15.9 Å². The zero-order valence-corrected chi connectivity index (χ0v) is 14.8. The lowest BCUT2D eigenvalue weighted by Crippen LogP contribution is -2.13. The second-order valence-electron chi connectivity index (χ2n) is 6.26. The first-order valence-electron chi connectivity index (χ1n) is 8.69. The number of anilines is 1. The molecule has 0 aliphatic carbocycles. The van der Waals surface area contributed by atoms with Crippen molar-refractivity contribution in [1.29, 1.82) is 0 Å². The van der Waals surface area contributed by atoms with E-state index >= 15 is 0 Å². The fourth-order valence-electron chi connectivity index (χ4n) is 2.84. The van der Waals surface area contributed by atoms with Crippen molar-refractivity contribution in [3.8, 4) is 22.8 Å². The van der Waals surface area contributed by atoms with Crippen LogP contribution in [0, 0.1) is 6.92 Å². The zero-order valence-electron chi connectivity index (χ0n) is 14.8. The van der Waals surface area contributed by atoms with E-state index in [1.54, 1.807) is 12.3 Å². The van der Waals surface area contributed by atoms with Gasteiger partial charge in [0.15, 0.2) is 5.76 Å². The van der Waals surface area contributed by atoms with Crippen LogP contribution < -0.4 is 5.32 Å². The maximum absolute atomic E-state index is 12.7. The van der Waals surface area contributed by atoms with Gasteiger partial charge >= 0.3 is 0 Å². The molecule has 0 unspecified atom stereocenters. The molecular formula is C23H18N2O2. The van der Waals surface area contributed by atoms with Crippen molar-refractivity contribution in [2.75, 3.05) is 5.32 Å². The molecule has 27 heavy (non-hydrogen) atoms. The second-order valence-corrected chi connectivity index (χ2v) is 6.26. The lowest BCUT2D eigenvalue weighted by Gasteiger charge is -2.08. The van der Waals surface area contributed by atoms with E-state index in [9.17, 15) is 4.79 Å². The number of carbonyl (C=O) groups excluding carboxylic acids is 1. The number of hydrogen-bond donors (Lipinski definition) is 1. The maximum atomic E-state index is 12.7. The van der Waals surface area contributed by atoms with Gasteiger partial charge in [-0.25, -0.2) is 4.98 Å². The highest BCUT2D eigenvalue weighted by Crippen LogP contribution is 2.28. The first-order valence-corrected chi connectivity index (χ1v) is 8.69. The van der Waals surface area contributed by atoms with Gasteiger partial charge in [0.2, 0.25) is 5.89 Å². The van der Waals surface area contributed by atoms with E-state index in [-0.39, 0.29) is 5.91 Å². The van der Waals surface area contributed by atoms with Crippen LogP contribution in [-0.2, 0) is 0 Å². The number of rotatable bonds is 4. The number of aromatic nitrogens is 1. The Kier molecular flexibility index (Phi) is 4.54. The van der Waals surface area contributed by atoms with E-state index in [1.165, 1.54) is 5.56 Å². The Labute approximate surface area is 157 Å². The van der Waals surface area contributed by atoms with Gasteiger partial charge in [0.1, 0.15) is 0 Å². The van der Waals surface area contributed by atoms with E-state index in [4.69, 9.17) is 4.42 Å². The minimum Gasteiger partial charge on any atom is -0.436 e. The Morgan fingerprint density at radius 2 is 1.59 bits per heavy atom. The number of aryl methyl sites for hydroxylation is 1. The molecule has 4 heteroatoms. The Bertz CT molecular complexity index is 1070. The number of nitrogens with one attached hydrogen (secondary N) is 1. The first-order chi connectivity index (χ1) is 13.2. The molecule has 0 atom stereocenters. The minimum atomic E-state index is -0.202. The fourth-order valence-corrected chi connectivity index (χ4v) is 2.84. The van der Waals surface area contributed by atoms with Gasteiger partial charge in [-0.15, -0.1) is 0 Å². The SMILES string of the molecule is Cc1ccc(-c2cnc(-c3ccccc3C(=O)Nc3ccccc3)o2)cc1. The van der Waals surface area contributed by atoms with Crippen molar-refractivity contribution in [3.63, 3.8) is 0 Å². The molecule has 132 valence electrons. The van der Waals surface area contributed by atoms with Gasteiger partial charge in [-0.05, 0) is 31.2 Å². The summed E-state index contributed by atoms with van der Waals surface area (Å²) in [4.78, 5) is 17.1. The van der Waals surface area contributed by atoms with E-state index in [2.05, 4.69) is 10.3 Å². The molecular weight excluding hydrogens is 336 g/mol. The van der Waals surface area contributed by atoms with Gasteiger partial charge in [-0.3, -0.25) is 4.79 Å². The monoisotopic (exact) mass is 354 g/mol. The Hall–Kier alpha value is -3.66. The van der Waals surface area contributed by atoms with Crippen molar-refractivity contribution in [1.82, 2.24) is 4.98 Å². The normalized spacial score (nSPS) is 10.6. The van der Waals surface area contributed by atoms with Crippen molar-refractivity contribution >= 4 is 11.6 Å². The molecule has 1 N–H and O–H groups in total. The molecule has 1 aromatic heterocycles. The zero-order chi connectivity index (χ0) is 18.6. The highest BCUT2D eigenvalue weighted by atomic mass is 16.4. The van der Waals surface area contributed by atoms with Crippen molar-refractivity contribution in [2.24, 2.45) is 0 Å². The molecule has 0 saturated heterocycles. The molecule has 3 aromatic carbocycles. The number of amides is 1. The number of oxazole rings is 1. The highest BCUT2D eigenvalue weighted by molar-refractivity contribution is 6.08. The Morgan fingerprint density at radius 3 is 2.37 bits per heavy atom. The average Bonchev–Trinajstić information content (AvgIpc) is 3.19. The molecule has 0 aliphatic rings. The topological polar surface area (TPSA) is 55.1 Å². The van der Waals surface area contributed by atoms with Crippen LogP contribution in [0.3, 0.4) is 0 Å². The van der Waals surface area contributed by atoms with Gasteiger partial charge in [0.05, 0.1) is 11.8 Å². The Balaban J connectivity index is 1.65. The summed E-state index contributed by atoms with van der Waals surface area (Å²) in [5.74, 6) is 0.888. The van der Waals surface area contributed by atoms with Gasteiger partial charge in [0, 0.05) is 16.8 Å². The lowest BCUT2D eigenvalue weighted by molar-refractivity contribution is 0.102. The molecule has 4 rings (SSSR count). The predicted molar refractivity (Wildman–Crippen MR) is 107 cm³/mol. The van der Waals surface area contributed by atoms with Crippen LogP contribution in [0.5, 0.6) is 0 Å². The third-order valence-corrected chi connectivity index (χ3v) is 4.28. The van der Waals surface area contributed by atoms with Crippen LogP contribution in [0.25, 0.3) is 22.8 Å². The fraction of sp³-hybridized carbons (Fsp3) is 0.0435. The molecule has 1 amide bonds. The standard InChI is InChI=1S/C23H18N2O2/c1-16-11-13-17(14-12-16)21-15-24-23(27-21)20-10-6-5-9-19(20)22(26)25-18-7-3-2-4-8-18/h2-15H,1H3,(H,25,26). The van der Waals surface area contributed by atoms with E-state index in [0.29, 0.717) is 22.8 Å². The molecule has 0 radical (unpaired) electrons. The van der Waals surface area contributed by atoms with E-state index < -0.39 is 0 Å². The second kappa shape index (κ2) is 7.30. The first kappa shape index (κ1) is 16.8. The van der Waals surface area contributed by atoms with Gasteiger partial charge in [-0.1, -0.05) is 60.2 Å². The predicted octanol–water partition coefficient (Wildman–Crippen LogP) is 5.57. The average molecular weight is 354 g/mol. The molecule has 0 bridgehead atoms. The maximum Gasteiger partial charge on any atom is 0.256 e. The van der Waals surface area contributed by atoms with Crippen LogP contribution in [0.2, 0.25) is 0 Å². The minimum absolute atomic E-state index is 0.202. The van der Waals surface area contributed by atoms with E-state index in [1.807, 2.05) is 79.7 Å². The molecule has 0 spiro atoms. The number of benzene rings is 3. The summed E-state index contributed by atoms with van der Waals surface area (Å²) in [7, 11) is 0. The summed E-state index contributed by atoms with van der Waals surface area (Å²) in [6, 6.07) is 24.7. The van der Waals surface area contributed by atoms with Crippen LogP contribution in [0.15, 0.2) is 89.5 Å². The summed E-state index contributed by atoms with van der Waals surface area (Å²) in [6.45, 7) is 2.04. The van der Waals surface area contributed by atoms with Crippen molar-refractivity contribution in [3.05, 3.63) is 96.2 Å². The summed E-state index contributed by atoms with van der Waals surface area (Å²) in [5, 5.41) is 2.90. The summed E-state index contributed by atoms with van der Waals surface area (Å²) in [6.07, 6.45) is 1.69. The largest absolute Gasteiger partial charge is 0.436 e. The van der Waals surface area contributed by atoms with Crippen LogP contribution in [-0.4, -0.2) is 10.9 Å². The number of carbonyl (C=O) groups is 1. The van der Waals surface area contributed by atoms with Crippen LogP contribution in [0.4, 0.5) is 5.69 Å². The molecule has 1 heterocycles. The van der Waals surface area contributed by atoms with Gasteiger partial charge in [-0.2, -0.15) is 0 Å². The molecule has 4 aromatic rings. The number of nitrogens with zero attached hydrogens (tertiary/aromatic N) is 1. The molecule has 0 aliphatic heterocycles. The van der Waals surface area contributed by atoms with Crippen molar-refractivity contribution in [2.45, 2.75) is 6.92 Å². The van der Waals surface area contributed by atoms with Crippen molar-refractivity contribution < 1.29 is 9.21 Å². The third-order valence-electron chi connectivity index (χ3n) is 4.28. The molecule has 4 nitrogen and oxygen atoms in total. The van der Waals surface area contributed by atoms with E-state index in [0.717, 1.165) is 11.3 Å². The molecule has 0 fully saturated rings. The van der Waals surface area contributed by atoms with Gasteiger partial charge < -0.3 is 9.73 Å². The number of para-hydroxylation sites is 1. The lowest BCUT2D eigenvalue weighted by atomic mass is 10.1. The van der Waals surface area contributed by atoms with Gasteiger partial charge in [0.25, 0.3) is 5.91 Å². The summed E-state index contributed by atoms with van der Waals surface area (Å²) in [5.41, 5.74) is 4.04. The Morgan fingerprint density at radius 1 is 0.889 bits per heavy atom. The quantitative estimate of drug-likeness (QED) is 0.521. The number of hydrogen-bond acceptors (Lipinski definition) is 3. The van der Waals surface area contributed by atoms with Crippen LogP contribution >= 0.6 is 0 Å². The summed E-state index contributed by atoms with van der Waals surface area (Å²) < 4.78 is 5.95. The smallest absolute Gasteiger partial charge is 0.256 e. The third kappa shape index (κ3) is 3.65. The highest BCUT2D eigenvalue weighted by Gasteiger charge is 2.17.